The molecule has 1 unspecified atom stereocenters. The Morgan fingerprint density at radius 1 is 1.39 bits per heavy atom. The maximum atomic E-state index is 11.6. The molecule has 1 atom stereocenters. The molecule has 0 aliphatic carbocycles. The Labute approximate surface area is 106 Å². The SMILES string of the molecule is CCCC(NC(=O)CCc1ccncc1)C(=O)O. The van der Waals surface area contributed by atoms with Crippen molar-refractivity contribution in [2.45, 2.75) is 38.6 Å². The highest BCUT2D eigenvalue weighted by Crippen LogP contribution is 2.02. The summed E-state index contributed by atoms with van der Waals surface area (Å²) in [6.45, 7) is 1.89. The Morgan fingerprint density at radius 2 is 2.06 bits per heavy atom. The van der Waals surface area contributed by atoms with Crippen molar-refractivity contribution in [1.29, 1.82) is 0 Å². The number of carboxylic acid groups (broad SMARTS) is 1. The summed E-state index contributed by atoms with van der Waals surface area (Å²) in [6.07, 6.45) is 5.40. The van der Waals surface area contributed by atoms with E-state index < -0.39 is 12.0 Å². The van der Waals surface area contributed by atoms with E-state index in [9.17, 15) is 9.59 Å². The van der Waals surface area contributed by atoms with Gasteiger partial charge in [-0.15, -0.1) is 0 Å². The third-order valence-electron chi connectivity index (χ3n) is 2.60. The first-order valence-electron chi connectivity index (χ1n) is 6.04. The molecule has 5 nitrogen and oxygen atoms in total. The predicted molar refractivity (Wildman–Crippen MR) is 67.0 cm³/mol. The molecule has 0 aliphatic heterocycles. The summed E-state index contributed by atoms with van der Waals surface area (Å²) in [7, 11) is 0. The Morgan fingerprint density at radius 3 is 2.61 bits per heavy atom. The molecule has 0 fully saturated rings. The number of carbonyl (C=O) groups excluding carboxylic acids is 1. The van der Waals surface area contributed by atoms with Gasteiger partial charge in [0.1, 0.15) is 6.04 Å². The summed E-state index contributed by atoms with van der Waals surface area (Å²) in [5, 5.41) is 11.4. The fraction of sp³-hybridized carbons (Fsp3) is 0.462. The van der Waals surface area contributed by atoms with Gasteiger partial charge in [-0.2, -0.15) is 0 Å². The van der Waals surface area contributed by atoms with E-state index in [1.54, 1.807) is 12.4 Å². The minimum Gasteiger partial charge on any atom is -0.480 e. The molecule has 0 spiro atoms. The Bertz CT molecular complexity index is 392. The summed E-state index contributed by atoms with van der Waals surface area (Å²) in [5.74, 6) is -1.21. The Balaban J connectivity index is 2.39. The number of aromatic nitrogens is 1. The lowest BCUT2D eigenvalue weighted by Gasteiger charge is -2.13. The van der Waals surface area contributed by atoms with Crippen molar-refractivity contribution in [3.8, 4) is 0 Å². The molecule has 1 amide bonds. The van der Waals surface area contributed by atoms with Crippen LogP contribution in [0.15, 0.2) is 24.5 Å². The van der Waals surface area contributed by atoms with Gasteiger partial charge in [-0.1, -0.05) is 13.3 Å². The lowest BCUT2D eigenvalue weighted by molar-refractivity contribution is -0.142. The first-order chi connectivity index (χ1) is 8.63. The molecule has 0 saturated carbocycles. The van der Waals surface area contributed by atoms with Crippen LogP contribution in [0, 0.1) is 0 Å². The largest absolute Gasteiger partial charge is 0.480 e. The van der Waals surface area contributed by atoms with Gasteiger partial charge in [0, 0.05) is 18.8 Å². The average Bonchev–Trinajstić information content (AvgIpc) is 2.37. The number of aryl methyl sites for hydroxylation is 1. The summed E-state index contributed by atoms with van der Waals surface area (Å²) in [5.41, 5.74) is 1.02. The zero-order valence-electron chi connectivity index (χ0n) is 10.4. The van der Waals surface area contributed by atoms with Crippen LogP contribution in [0.1, 0.15) is 31.7 Å². The highest BCUT2D eigenvalue weighted by atomic mass is 16.4. The fourth-order valence-corrected chi connectivity index (χ4v) is 1.62. The average molecular weight is 250 g/mol. The van der Waals surface area contributed by atoms with Crippen LogP contribution in [0.2, 0.25) is 0 Å². The van der Waals surface area contributed by atoms with Gasteiger partial charge in [0.05, 0.1) is 0 Å². The molecule has 1 aromatic heterocycles. The third kappa shape index (κ3) is 4.95. The van der Waals surface area contributed by atoms with Crippen LogP contribution in [0.3, 0.4) is 0 Å². The quantitative estimate of drug-likeness (QED) is 0.766. The van der Waals surface area contributed by atoms with Gasteiger partial charge in [-0.25, -0.2) is 4.79 Å². The van der Waals surface area contributed by atoms with Crippen molar-refractivity contribution < 1.29 is 14.7 Å². The van der Waals surface area contributed by atoms with Crippen LogP contribution in [0.4, 0.5) is 0 Å². The van der Waals surface area contributed by atoms with Crippen molar-refractivity contribution in [2.75, 3.05) is 0 Å². The van der Waals surface area contributed by atoms with Gasteiger partial charge in [0.15, 0.2) is 0 Å². The van der Waals surface area contributed by atoms with Gasteiger partial charge in [0.2, 0.25) is 5.91 Å². The van der Waals surface area contributed by atoms with Gasteiger partial charge < -0.3 is 10.4 Å². The summed E-state index contributed by atoms with van der Waals surface area (Å²) >= 11 is 0. The molecule has 0 aromatic carbocycles. The molecule has 1 rings (SSSR count). The van der Waals surface area contributed by atoms with Crippen molar-refractivity contribution >= 4 is 11.9 Å². The molecule has 2 N–H and O–H groups in total. The molecule has 0 radical (unpaired) electrons. The number of carbonyl (C=O) groups is 2. The van der Waals surface area contributed by atoms with Crippen molar-refractivity contribution in [3.05, 3.63) is 30.1 Å². The highest BCUT2D eigenvalue weighted by Gasteiger charge is 2.18. The van der Waals surface area contributed by atoms with E-state index in [0.29, 0.717) is 12.8 Å². The molecule has 1 aromatic rings. The minimum absolute atomic E-state index is 0.229. The van der Waals surface area contributed by atoms with Crippen molar-refractivity contribution in [2.24, 2.45) is 0 Å². The summed E-state index contributed by atoms with van der Waals surface area (Å²) in [4.78, 5) is 26.4. The molecule has 0 saturated heterocycles. The van der Waals surface area contributed by atoms with Crippen LogP contribution >= 0.6 is 0 Å². The first-order valence-corrected chi connectivity index (χ1v) is 6.04. The number of carboxylic acids is 1. The second-order valence-electron chi connectivity index (χ2n) is 4.10. The fourth-order valence-electron chi connectivity index (χ4n) is 1.62. The van der Waals surface area contributed by atoms with Crippen LogP contribution in [-0.2, 0) is 16.0 Å². The molecule has 18 heavy (non-hydrogen) atoms. The summed E-state index contributed by atoms with van der Waals surface area (Å²) < 4.78 is 0. The maximum absolute atomic E-state index is 11.6. The molecule has 0 aliphatic rings. The van der Waals surface area contributed by atoms with E-state index in [2.05, 4.69) is 10.3 Å². The van der Waals surface area contributed by atoms with E-state index in [4.69, 9.17) is 5.11 Å². The van der Waals surface area contributed by atoms with E-state index >= 15 is 0 Å². The van der Waals surface area contributed by atoms with E-state index in [-0.39, 0.29) is 12.3 Å². The van der Waals surface area contributed by atoms with Gasteiger partial charge in [0.25, 0.3) is 0 Å². The number of aliphatic carboxylic acids is 1. The van der Waals surface area contributed by atoms with Gasteiger partial charge in [-0.05, 0) is 30.5 Å². The van der Waals surface area contributed by atoms with Crippen LogP contribution in [0.25, 0.3) is 0 Å². The topological polar surface area (TPSA) is 79.3 Å². The van der Waals surface area contributed by atoms with Crippen LogP contribution in [-0.4, -0.2) is 28.0 Å². The lowest BCUT2D eigenvalue weighted by Crippen LogP contribution is -2.40. The molecule has 98 valence electrons. The van der Waals surface area contributed by atoms with E-state index in [1.807, 2.05) is 19.1 Å². The highest BCUT2D eigenvalue weighted by molar-refractivity contribution is 5.83. The first kappa shape index (κ1) is 14.2. The standard InChI is InChI=1S/C13H18N2O3/c1-2-3-11(13(17)18)15-12(16)5-4-10-6-8-14-9-7-10/h6-9,11H,2-5H2,1H3,(H,15,16)(H,17,18). The molecule has 5 heteroatoms. The third-order valence-corrected chi connectivity index (χ3v) is 2.60. The molecular formula is C13H18N2O3. The van der Waals surface area contributed by atoms with Crippen LogP contribution < -0.4 is 5.32 Å². The van der Waals surface area contributed by atoms with Crippen molar-refractivity contribution in [3.63, 3.8) is 0 Å². The Kier molecular flexibility index (Phi) is 5.84. The number of rotatable bonds is 7. The number of hydrogen-bond donors (Lipinski definition) is 2. The number of amides is 1. The molecule has 0 bridgehead atoms. The van der Waals surface area contributed by atoms with E-state index in [1.165, 1.54) is 0 Å². The zero-order chi connectivity index (χ0) is 13.4. The predicted octanol–water partition coefficient (Wildman–Crippen LogP) is 1.38. The number of nitrogens with one attached hydrogen (secondary N) is 1. The zero-order valence-corrected chi connectivity index (χ0v) is 10.4. The van der Waals surface area contributed by atoms with E-state index in [0.717, 1.165) is 12.0 Å². The maximum Gasteiger partial charge on any atom is 0.326 e. The summed E-state index contributed by atoms with van der Waals surface area (Å²) in [6, 6.07) is 2.90. The smallest absolute Gasteiger partial charge is 0.326 e. The van der Waals surface area contributed by atoms with Gasteiger partial charge in [-0.3, -0.25) is 9.78 Å². The van der Waals surface area contributed by atoms with Crippen LogP contribution in [0.5, 0.6) is 0 Å². The second kappa shape index (κ2) is 7.42. The number of pyridine rings is 1. The minimum atomic E-state index is -0.978. The van der Waals surface area contributed by atoms with Gasteiger partial charge >= 0.3 is 5.97 Å². The molecule has 1 heterocycles. The van der Waals surface area contributed by atoms with Crippen molar-refractivity contribution in [1.82, 2.24) is 10.3 Å². The second-order valence-corrected chi connectivity index (χ2v) is 4.10. The molecular weight excluding hydrogens is 232 g/mol. The lowest BCUT2D eigenvalue weighted by atomic mass is 10.1. The number of nitrogens with zero attached hydrogens (tertiary/aromatic N) is 1. The Hall–Kier alpha value is -1.91. The monoisotopic (exact) mass is 250 g/mol. The normalized spacial score (nSPS) is 11.8. The number of hydrogen-bond acceptors (Lipinski definition) is 3.